The van der Waals surface area contributed by atoms with Gasteiger partial charge in [0.1, 0.15) is 0 Å². The van der Waals surface area contributed by atoms with Crippen LogP contribution in [0.5, 0.6) is 0 Å². The molecule has 3 radical (unpaired) electrons. The van der Waals surface area contributed by atoms with E-state index in [1.807, 2.05) is 54.6 Å². The van der Waals surface area contributed by atoms with Crippen LogP contribution in [0.3, 0.4) is 0 Å². The standard InChI is InChI=1S/3C5H5N.B/c3*1-2-4-6-5-3-1;/h3*1-5H;. The summed E-state index contributed by atoms with van der Waals surface area (Å²) in [6.07, 6.45) is 10.5. The molecule has 3 aromatic heterocycles. The summed E-state index contributed by atoms with van der Waals surface area (Å²) < 4.78 is 0. The number of nitrogens with zero attached hydrogens (tertiary/aromatic N) is 3. The van der Waals surface area contributed by atoms with Crippen LogP contribution < -0.4 is 0 Å². The molecular formula is C15H15BN3. The van der Waals surface area contributed by atoms with Crippen molar-refractivity contribution in [1.29, 1.82) is 0 Å². The molecule has 0 bridgehead atoms. The third-order valence-electron chi connectivity index (χ3n) is 1.70. The van der Waals surface area contributed by atoms with Gasteiger partial charge in [-0.15, -0.1) is 0 Å². The molecule has 0 aromatic carbocycles. The van der Waals surface area contributed by atoms with Gasteiger partial charge in [0, 0.05) is 45.6 Å². The molecule has 4 heteroatoms. The lowest BCUT2D eigenvalue weighted by Gasteiger charge is -1.70. The molecule has 0 atom stereocenters. The number of hydrogen-bond acceptors (Lipinski definition) is 3. The second kappa shape index (κ2) is 13.6. The third kappa shape index (κ3) is 11.8. The van der Waals surface area contributed by atoms with Gasteiger partial charge in [-0.25, -0.2) is 0 Å². The first-order chi connectivity index (χ1) is 9.00. The average molecular weight is 248 g/mol. The van der Waals surface area contributed by atoms with Crippen LogP contribution in [-0.4, -0.2) is 23.4 Å². The largest absolute Gasteiger partial charge is 0.265 e. The number of rotatable bonds is 0. The Morgan fingerprint density at radius 1 is 0.316 bits per heavy atom. The molecule has 0 N–H and O–H groups in total. The molecule has 0 fully saturated rings. The summed E-state index contributed by atoms with van der Waals surface area (Å²) in [4.78, 5) is 11.4. The van der Waals surface area contributed by atoms with Gasteiger partial charge >= 0.3 is 0 Å². The Labute approximate surface area is 116 Å². The fourth-order valence-electron chi connectivity index (χ4n) is 0.938. The van der Waals surface area contributed by atoms with Crippen molar-refractivity contribution in [3.63, 3.8) is 0 Å². The smallest absolute Gasteiger partial charge is 0.0267 e. The molecule has 3 heterocycles. The van der Waals surface area contributed by atoms with Crippen molar-refractivity contribution in [3.05, 3.63) is 91.8 Å². The molecule has 0 unspecified atom stereocenters. The lowest BCUT2D eigenvalue weighted by atomic mass is 10.5. The Balaban J connectivity index is 0.000000249. The lowest BCUT2D eigenvalue weighted by molar-refractivity contribution is 1.33. The van der Waals surface area contributed by atoms with E-state index in [1.54, 1.807) is 37.2 Å². The summed E-state index contributed by atoms with van der Waals surface area (Å²) in [5, 5.41) is 0. The van der Waals surface area contributed by atoms with Gasteiger partial charge in [-0.2, -0.15) is 0 Å². The van der Waals surface area contributed by atoms with Gasteiger partial charge in [0.15, 0.2) is 0 Å². The van der Waals surface area contributed by atoms with E-state index in [1.165, 1.54) is 0 Å². The molecule has 0 aliphatic heterocycles. The van der Waals surface area contributed by atoms with E-state index in [0.29, 0.717) is 0 Å². The van der Waals surface area contributed by atoms with Crippen molar-refractivity contribution in [3.8, 4) is 0 Å². The number of pyridine rings is 3. The minimum atomic E-state index is 0. The van der Waals surface area contributed by atoms with Crippen molar-refractivity contribution in [2.45, 2.75) is 0 Å². The predicted octanol–water partition coefficient (Wildman–Crippen LogP) is 2.86. The zero-order valence-electron chi connectivity index (χ0n) is 10.6. The van der Waals surface area contributed by atoms with E-state index < -0.39 is 0 Å². The number of hydrogen-bond donors (Lipinski definition) is 0. The maximum atomic E-state index is 3.78. The average Bonchev–Trinajstić information content (AvgIpc) is 2.54. The molecule has 0 spiro atoms. The highest BCUT2D eigenvalue weighted by Gasteiger charge is 1.59. The van der Waals surface area contributed by atoms with Crippen molar-refractivity contribution < 1.29 is 0 Å². The number of aromatic nitrogens is 3. The van der Waals surface area contributed by atoms with Crippen LogP contribution >= 0.6 is 0 Å². The molecule has 3 rings (SSSR count). The molecule has 19 heavy (non-hydrogen) atoms. The minimum absolute atomic E-state index is 0. The molecular weight excluding hydrogens is 233 g/mol. The molecule has 0 saturated carbocycles. The van der Waals surface area contributed by atoms with Gasteiger partial charge in [-0.3, -0.25) is 15.0 Å². The van der Waals surface area contributed by atoms with Crippen LogP contribution in [0.4, 0.5) is 0 Å². The fraction of sp³-hybridized carbons (Fsp3) is 0. The summed E-state index contributed by atoms with van der Waals surface area (Å²) >= 11 is 0. The fourth-order valence-corrected chi connectivity index (χ4v) is 0.938. The highest BCUT2D eigenvalue weighted by atomic mass is 14.6. The zero-order chi connectivity index (χ0) is 12.7. The summed E-state index contributed by atoms with van der Waals surface area (Å²) in [5.74, 6) is 0. The summed E-state index contributed by atoms with van der Waals surface area (Å²) in [6, 6.07) is 17.1. The van der Waals surface area contributed by atoms with Crippen LogP contribution in [0.2, 0.25) is 0 Å². The Morgan fingerprint density at radius 3 is 0.579 bits per heavy atom. The normalized spacial score (nSPS) is 7.58. The summed E-state index contributed by atoms with van der Waals surface area (Å²) in [6.45, 7) is 0. The van der Waals surface area contributed by atoms with E-state index in [0.717, 1.165) is 0 Å². The van der Waals surface area contributed by atoms with Gasteiger partial charge in [0.05, 0.1) is 0 Å². The Kier molecular flexibility index (Phi) is 11.8. The quantitative estimate of drug-likeness (QED) is 0.574. The third-order valence-corrected chi connectivity index (χ3v) is 1.70. The van der Waals surface area contributed by atoms with Gasteiger partial charge in [0.2, 0.25) is 0 Å². The molecule has 93 valence electrons. The Bertz CT molecular complexity index is 308. The highest BCUT2D eigenvalue weighted by molar-refractivity contribution is 5.75. The van der Waals surface area contributed by atoms with E-state index >= 15 is 0 Å². The van der Waals surface area contributed by atoms with Gasteiger partial charge in [-0.05, 0) is 36.4 Å². The predicted molar refractivity (Wildman–Crippen MR) is 78.5 cm³/mol. The van der Waals surface area contributed by atoms with E-state index in [4.69, 9.17) is 0 Å². The first-order valence-electron chi connectivity index (χ1n) is 5.55. The molecule has 0 aliphatic rings. The van der Waals surface area contributed by atoms with E-state index in [9.17, 15) is 0 Å². The van der Waals surface area contributed by atoms with Gasteiger partial charge in [0.25, 0.3) is 0 Å². The maximum absolute atomic E-state index is 3.78. The second-order valence-electron chi connectivity index (χ2n) is 3.07. The Morgan fingerprint density at radius 2 is 0.526 bits per heavy atom. The second-order valence-corrected chi connectivity index (χ2v) is 3.07. The molecule has 3 nitrogen and oxygen atoms in total. The molecule has 3 aromatic rings. The first kappa shape index (κ1) is 16.5. The molecule has 0 saturated heterocycles. The molecule has 0 amide bonds. The monoisotopic (exact) mass is 248 g/mol. The highest BCUT2D eigenvalue weighted by Crippen LogP contribution is 1.74. The lowest BCUT2D eigenvalue weighted by Crippen LogP contribution is -1.58. The van der Waals surface area contributed by atoms with Crippen LogP contribution in [0.25, 0.3) is 0 Å². The van der Waals surface area contributed by atoms with Crippen LogP contribution in [0.1, 0.15) is 0 Å². The van der Waals surface area contributed by atoms with Crippen molar-refractivity contribution in [1.82, 2.24) is 15.0 Å². The minimum Gasteiger partial charge on any atom is -0.265 e. The topological polar surface area (TPSA) is 38.7 Å². The van der Waals surface area contributed by atoms with Crippen LogP contribution in [0.15, 0.2) is 91.8 Å². The zero-order valence-corrected chi connectivity index (χ0v) is 10.6. The summed E-state index contributed by atoms with van der Waals surface area (Å²) in [5.41, 5.74) is 0. The molecule has 0 aliphatic carbocycles. The first-order valence-corrected chi connectivity index (χ1v) is 5.55. The van der Waals surface area contributed by atoms with Crippen molar-refractivity contribution in [2.24, 2.45) is 0 Å². The van der Waals surface area contributed by atoms with E-state index in [-0.39, 0.29) is 8.41 Å². The van der Waals surface area contributed by atoms with Crippen LogP contribution in [0, 0.1) is 0 Å². The SMILES string of the molecule is [B].c1ccncc1.c1ccncc1.c1ccncc1. The Hall–Kier alpha value is -2.49. The van der Waals surface area contributed by atoms with Crippen LogP contribution in [-0.2, 0) is 0 Å². The van der Waals surface area contributed by atoms with Gasteiger partial charge in [-0.1, -0.05) is 18.2 Å². The van der Waals surface area contributed by atoms with E-state index in [2.05, 4.69) is 15.0 Å². The summed E-state index contributed by atoms with van der Waals surface area (Å²) in [7, 11) is 0. The maximum Gasteiger partial charge on any atom is 0.0267 e. The van der Waals surface area contributed by atoms with Crippen molar-refractivity contribution in [2.75, 3.05) is 0 Å². The van der Waals surface area contributed by atoms with Crippen molar-refractivity contribution >= 4 is 8.41 Å². The van der Waals surface area contributed by atoms with Gasteiger partial charge < -0.3 is 0 Å².